The fourth-order valence-electron chi connectivity index (χ4n) is 3.14. The highest BCUT2D eigenvalue weighted by Crippen LogP contribution is 2.30. The topological polar surface area (TPSA) is 41.7 Å². The number of rotatable bonds is 3. The summed E-state index contributed by atoms with van der Waals surface area (Å²) in [6, 6.07) is 6.79. The van der Waals surface area contributed by atoms with Crippen LogP contribution in [-0.4, -0.2) is 50.3 Å². The molecular weight excluding hydrogens is 274 g/mol. The lowest BCUT2D eigenvalue weighted by atomic mass is 10.2. The predicted molar refractivity (Wildman–Crippen MR) is 82.4 cm³/mol. The Bertz CT molecular complexity index is 462. The zero-order valence-electron chi connectivity index (χ0n) is 11.7. The third-order valence-electron chi connectivity index (χ3n) is 4.31. The number of ether oxygens (including phenoxy) is 1. The average molecular weight is 296 g/mol. The molecule has 0 spiro atoms. The fourth-order valence-corrected chi connectivity index (χ4v) is 3.46. The van der Waals surface area contributed by atoms with Crippen LogP contribution in [0.1, 0.15) is 12.0 Å². The van der Waals surface area contributed by atoms with E-state index in [1.165, 1.54) is 6.42 Å². The van der Waals surface area contributed by atoms with Crippen molar-refractivity contribution in [3.63, 3.8) is 0 Å². The van der Waals surface area contributed by atoms with Gasteiger partial charge in [0.15, 0.2) is 0 Å². The molecule has 0 amide bonds. The molecule has 1 atom stereocenters. The summed E-state index contributed by atoms with van der Waals surface area (Å²) in [6.07, 6.45) is 1.20. The van der Waals surface area contributed by atoms with Gasteiger partial charge in [-0.1, -0.05) is 17.7 Å². The molecule has 0 bridgehead atoms. The van der Waals surface area contributed by atoms with Crippen LogP contribution in [-0.2, 0) is 11.3 Å². The van der Waals surface area contributed by atoms with Crippen molar-refractivity contribution in [1.29, 1.82) is 0 Å². The highest BCUT2D eigenvalue weighted by atomic mass is 35.5. The molecule has 110 valence electrons. The largest absolute Gasteiger partial charge is 0.379 e. The zero-order chi connectivity index (χ0) is 13.9. The Balaban J connectivity index is 1.67. The predicted octanol–water partition coefficient (Wildman–Crippen LogP) is 1.71. The van der Waals surface area contributed by atoms with Gasteiger partial charge in [-0.25, -0.2) is 0 Å². The van der Waals surface area contributed by atoms with Crippen LogP contribution in [0.15, 0.2) is 18.2 Å². The quantitative estimate of drug-likeness (QED) is 0.922. The van der Waals surface area contributed by atoms with Crippen molar-refractivity contribution in [3.8, 4) is 0 Å². The van der Waals surface area contributed by atoms with Crippen molar-refractivity contribution in [2.45, 2.75) is 19.0 Å². The van der Waals surface area contributed by atoms with E-state index in [1.807, 2.05) is 6.07 Å². The monoisotopic (exact) mass is 295 g/mol. The van der Waals surface area contributed by atoms with Crippen molar-refractivity contribution in [1.82, 2.24) is 4.90 Å². The van der Waals surface area contributed by atoms with Crippen LogP contribution in [0.5, 0.6) is 0 Å². The lowest BCUT2D eigenvalue weighted by Gasteiger charge is -2.32. The summed E-state index contributed by atoms with van der Waals surface area (Å²) in [7, 11) is 0. The summed E-state index contributed by atoms with van der Waals surface area (Å²) < 4.78 is 5.43. The summed E-state index contributed by atoms with van der Waals surface area (Å²) in [6.45, 7) is 6.50. The molecule has 3 rings (SSSR count). The van der Waals surface area contributed by atoms with Crippen LogP contribution in [0.4, 0.5) is 5.69 Å². The molecule has 2 aliphatic heterocycles. The first-order chi connectivity index (χ1) is 9.78. The maximum absolute atomic E-state index is 6.39. The van der Waals surface area contributed by atoms with Crippen LogP contribution in [0, 0.1) is 0 Å². The summed E-state index contributed by atoms with van der Waals surface area (Å²) >= 11 is 6.39. The summed E-state index contributed by atoms with van der Waals surface area (Å²) in [5, 5.41) is 0.815. The van der Waals surface area contributed by atoms with Gasteiger partial charge in [-0.2, -0.15) is 0 Å². The number of hydrogen-bond acceptors (Lipinski definition) is 4. The van der Waals surface area contributed by atoms with E-state index in [9.17, 15) is 0 Å². The molecule has 2 fully saturated rings. The third-order valence-corrected chi connectivity index (χ3v) is 4.62. The van der Waals surface area contributed by atoms with Crippen molar-refractivity contribution >= 4 is 17.3 Å². The average Bonchev–Trinajstić information content (AvgIpc) is 2.97. The van der Waals surface area contributed by atoms with E-state index in [0.717, 1.165) is 55.7 Å². The Labute approximate surface area is 125 Å². The number of hydrogen-bond donors (Lipinski definition) is 1. The molecule has 5 heteroatoms. The molecule has 0 aromatic heterocycles. The van der Waals surface area contributed by atoms with E-state index in [2.05, 4.69) is 21.9 Å². The van der Waals surface area contributed by atoms with Gasteiger partial charge in [0.05, 0.1) is 23.9 Å². The number of anilines is 1. The molecule has 2 saturated heterocycles. The molecule has 1 aromatic carbocycles. The van der Waals surface area contributed by atoms with Crippen LogP contribution >= 0.6 is 11.6 Å². The summed E-state index contributed by atoms with van der Waals surface area (Å²) in [5.74, 6) is 0. The summed E-state index contributed by atoms with van der Waals surface area (Å²) in [4.78, 5) is 4.94. The number of benzene rings is 1. The van der Waals surface area contributed by atoms with Gasteiger partial charge in [0.25, 0.3) is 0 Å². The molecular formula is C15H22ClN3O. The summed E-state index contributed by atoms with van der Waals surface area (Å²) in [5.41, 5.74) is 7.88. The van der Waals surface area contributed by atoms with Gasteiger partial charge in [-0.3, -0.25) is 4.90 Å². The van der Waals surface area contributed by atoms with Gasteiger partial charge in [0, 0.05) is 38.8 Å². The van der Waals surface area contributed by atoms with Crippen LogP contribution in [0.3, 0.4) is 0 Å². The Morgan fingerprint density at radius 1 is 1.25 bits per heavy atom. The minimum atomic E-state index is 0.538. The molecule has 4 nitrogen and oxygen atoms in total. The Kier molecular flexibility index (Phi) is 4.46. The second kappa shape index (κ2) is 6.31. The van der Waals surface area contributed by atoms with Crippen LogP contribution < -0.4 is 10.6 Å². The highest BCUT2D eigenvalue weighted by molar-refractivity contribution is 6.33. The van der Waals surface area contributed by atoms with Crippen molar-refractivity contribution in [2.24, 2.45) is 5.73 Å². The van der Waals surface area contributed by atoms with Crippen LogP contribution in [0.2, 0.25) is 5.02 Å². The number of nitrogens with two attached hydrogens (primary N) is 1. The zero-order valence-corrected chi connectivity index (χ0v) is 12.5. The minimum absolute atomic E-state index is 0.538. The van der Waals surface area contributed by atoms with Crippen molar-refractivity contribution in [3.05, 3.63) is 28.8 Å². The molecule has 0 saturated carbocycles. The van der Waals surface area contributed by atoms with E-state index in [1.54, 1.807) is 0 Å². The molecule has 0 aliphatic carbocycles. The van der Waals surface area contributed by atoms with Crippen molar-refractivity contribution in [2.75, 3.05) is 44.3 Å². The molecule has 2 heterocycles. The van der Waals surface area contributed by atoms with Crippen LogP contribution in [0.25, 0.3) is 0 Å². The molecule has 0 radical (unpaired) electrons. The minimum Gasteiger partial charge on any atom is -0.379 e. The van der Waals surface area contributed by atoms with Gasteiger partial charge >= 0.3 is 0 Å². The first-order valence-electron chi connectivity index (χ1n) is 7.33. The normalized spacial score (nSPS) is 24.3. The second-order valence-electron chi connectivity index (χ2n) is 5.53. The lowest BCUT2D eigenvalue weighted by Crippen LogP contribution is -2.44. The molecule has 20 heavy (non-hydrogen) atoms. The Morgan fingerprint density at radius 2 is 2.05 bits per heavy atom. The maximum Gasteiger partial charge on any atom is 0.0642 e. The van der Waals surface area contributed by atoms with Crippen molar-refractivity contribution < 1.29 is 4.74 Å². The van der Waals surface area contributed by atoms with Gasteiger partial charge in [-0.05, 0) is 24.1 Å². The van der Waals surface area contributed by atoms with Gasteiger partial charge in [-0.15, -0.1) is 0 Å². The SMILES string of the molecule is NCc1ccc(N2CCC(N3CCOCC3)C2)c(Cl)c1. The molecule has 2 N–H and O–H groups in total. The number of halogens is 1. The Hall–Kier alpha value is -0.810. The van der Waals surface area contributed by atoms with Gasteiger partial charge in [0.1, 0.15) is 0 Å². The second-order valence-corrected chi connectivity index (χ2v) is 5.93. The first kappa shape index (κ1) is 14.1. The molecule has 1 aromatic rings. The molecule has 1 unspecified atom stereocenters. The van der Waals surface area contributed by atoms with Gasteiger partial charge < -0.3 is 15.4 Å². The molecule has 2 aliphatic rings. The van der Waals surface area contributed by atoms with E-state index < -0.39 is 0 Å². The fraction of sp³-hybridized carbons (Fsp3) is 0.600. The lowest BCUT2D eigenvalue weighted by molar-refractivity contribution is 0.0209. The Morgan fingerprint density at radius 3 is 2.75 bits per heavy atom. The number of nitrogens with zero attached hydrogens (tertiary/aromatic N) is 2. The van der Waals surface area contributed by atoms with E-state index >= 15 is 0 Å². The first-order valence-corrected chi connectivity index (χ1v) is 7.71. The highest BCUT2D eigenvalue weighted by Gasteiger charge is 2.29. The number of morpholine rings is 1. The van der Waals surface area contributed by atoms with E-state index in [4.69, 9.17) is 22.1 Å². The third kappa shape index (κ3) is 2.93. The van der Waals surface area contributed by atoms with Gasteiger partial charge in [0.2, 0.25) is 0 Å². The maximum atomic E-state index is 6.39. The van der Waals surface area contributed by atoms with E-state index in [0.29, 0.717) is 12.6 Å². The van der Waals surface area contributed by atoms with E-state index in [-0.39, 0.29) is 0 Å². The standard InChI is InChI=1S/C15H22ClN3O/c16-14-9-12(10-17)1-2-15(14)19-4-3-13(11-19)18-5-7-20-8-6-18/h1-2,9,13H,3-8,10-11,17H2. The smallest absolute Gasteiger partial charge is 0.0642 e.